The van der Waals surface area contributed by atoms with Gasteiger partial charge in [0.05, 0.1) is 6.10 Å². The highest BCUT2D eigenvalue weighted by Crippen LogP contribution is 2.24. The first-order chi connectivity index (χ1) is 17.3. The van der Waals surface area contributed by atoms with Crippen molar-refractivity contribution in [3.63, 3.8) is 0 Å². The van der Waals surface area contributed by atoms with Crippen LogP contribution in [0.2, 0.25) is 0 Å². The van der Waals surface area contributed by atoms with Gasteiger partial charge in [-0.3, -0.25) is 4.79 Å². The van der Waals surface area contributed by atoms with E-state index in [1.54, 1.807) is 13.8 Å². The van der Waals surface area contributed by atoms with Crippen molar-refractivity contribution in [3.8, 4) is 0 Å². The van der Waals surface area contributed by atoms with Crippen molar-refractivity contribution < 1.29 is 29.3 Å². The molecule has 0 spiro atoms. The maximum absolute atomic E-state index is 12.9. The van der Waals surface area contributed by atoms with E-state index in [9.17, 15) is 19.5 Å². The largest absolute Gasteiger partial charge is 0.478 e. The van der Waals surface area contributed by atoms with Gasteiger partial charge in [-0.05, 0) is 51.5 Å². The molecule has 0 aliphatic carbocycles. The Morgan fingerprint density at radius 2 is 1.73 bits per heavy atom. The molecule has 0 aromatic carbocycles. The summed E-state index contributed by atoms with van der Waals surface area (Å²) in [6.45, 7) is 13.2. The molecule has 37 heavy (non-hydrogen) atoms. The summed E-state index contributed by atoms with van der Waals surface area (Å²) in [5.74, 6) is -2.16. The zero-order valence-corrected chi connectivity index (χ0v) is 23.3. The van der Waals surface area contributed by atoms with Crippen molar-refractivity contribution in [1.29, 1.82) is 0 Å². The number of hydrogen-bond donors (Lipinski definition) is 2. The summed E-state index contributed by atoms with van der Waals surface area (Å²) in [6, 6.07) is 0. The zero-order chi connectivity index (χ0) is 28.1. The number of carbonyl (C=O) groups is 3. The van der Waals surface area contributed by atoms with Gasteiger partial charge in [0.15, 0.2) is 0 Å². The normalized spacial score (nSPS) is 21.6. The Morgan fingerprint density at radius 3 is 2.35 bits per heavy atom. The van der Waals surface area contributed by atoms with E-state index in [0.717, 1.165) is 23.6 Å². The van der Waals surface area contributed by atoms with Crippen molar-refractivity contribution in [2.24, 2.45) is 23.7 Å². The van der Waals surface area contributed by atoms with Crippen LogP contribution in [0, 0.1) is 23.7 Å². The summed E-state index contributed by atoms with van der Waals surface area (Å²) < 4.78 is 5.23. The summed E-state index contributed by atoms with van der Waals surface area (Å²) >= 11 is 0. The van der Waals surface area contributed by atoms with Crippen LogP contribution >= 0.6 is 0 Å². The van der Waals surface area contributed by atoms with Crippen molar-refractivity contribution in [1.82, 2.24) is 0 Å². The Balaban J connectivity index is 2.60. The molecule has 0 fully saturated rings. The van der Waals surface area contributed by atoms with Gasteiger partial charge in [-0.2, -0.15) is 0 Å². The van der Waals surface area contributed by atoms with Gasteiger partial charge in [0, 0.05) is 30.4 Å². The fourth-order valence-electron chi connectivity index (χ4n) is 4.46. The van der Waals surface area contributed by atoms with Gasteiger partial charge in [0.1, 0.15) is 11.9 Å². The van der Waals surface area contributed by atoms with Crippen LogP contribution < -0.4 is 0 Å². The minimum Gasteiger partial charge on any atom is -0.478 e. The first kappa shape index (κ1) is 32.0. The number of cyclic esters (lactones) is 1. The first-order valence-corrected chi connectivity index (χ1v) is 13.0. The Bertz CT molecular complexity index is 978. The van der Waals surface area contributed by atoms with E-state index in [1.165, 1.54) is 6.08 Å². The number of aliphatic hydroxyl groups excluding tert-OH is 1. The lowest BCUT2D eigenvalue weighted by Gasteiger charge is -2.25. The molecule has 0 aromatic rings. The number of rotatable bonds is 14. The number of aliphatic carboxylic acids is 1. The van der Waals surface area contributed by atoms with E-state index in [-0.39, 0.29) is 29.7 Å². The van der Waals surface area contributed by atoms with Crippen molar-refractivity contribution in [2.45, 2.75) is 79.9 Å². The van der Waals surface area contributed by atoms with Gasteiger partial charge in [0.2, 0.25) is 0 Å². The van der Waals surface area contributed by atoms with Crippen LogP contribution in [-0.4, -0.2) is 40.1 Å². The fourth-order valence-corrected chi connectivity index (χ4v) is 4.46. The predicted octanol–water partition coefficient (Wildman–Crippen LogP) is 6.15. The Labute approximate surface area is 222 Å². The molecule has 204 valence electrons. The number of ether oxygens (including phenoxy) is 1. The second-order valence-corrected chi connectivity index (χ2v) is 10.4. The minimum absolute atomic E-state index is 0.0372. The Kier molecular flexibility index (Phi) is 13.8. The van der Waals surface area contributed by atoms with Crippen molar-refractivity contribution >= 4 is 17.7 Å². The molecule has 6 atom stereocenters. The molecule has 2 N–H and O–H groups in total. The van der Waals surface area contributed by atoms with Gasteiger partial charge in [-0.1, -0.05) is 80.9 Å². The van der Waals surface area contributed by atoms with Crippen LogP contribution in [0.15, 0.2) is 71.4 Å². The fraction of sp³-hybridized carbons (Fsp3) is 0.516. The SMILES string of the molecule is CC(=C/[C@H](C)C/C=C/C(C)=C/[C@H](C)C(=O)[C@H](C)[C@H](O)[C@@H](C)C/C(C)=C/C(=O)O)/C=C/[C@@H]1CC=CC(=O)O1. The number of aliphatic hydroxyl groups is 1. The van der Waals surface area contributed by atoms with Crippen LogP contribution in [0.1, 0.15) is 67.7 Å². The van der Waals surface area contributed by atoms with Gasteiger partial charge in [0.25, 0.3) is 0 Å². The molecule has 1 aliphatic heterocycles. The third-order valence-electron chi connectivity index (χ3n) is 6.42. The highest BCUT2D eigenvalue weighted by atomic mass is 16.5. The van der Waals surface area contributed by atoms with Crippen LogP contribution in [0.4, 0.5) is 0 Å². The molecule has 1 aliphatic rings. The Hall–Kier alpha value is -2.99. The second kappa shape index (κ2) is 16.0. The van der Waals surface area contributed by atoms with E-state index in [0.29, 0.717) is 24.3 Å². The predicted molar refractivity (Wildman–Crippen MR) is 148 cm³/mol. The number of Topliss-reactive ketones (excluding diaryl/α,β-unsaturated/α-hetero) is 1. The lowest BCUT2D eigenvalue weighted by atomic mass is 9.83. The molecule has 0 saturated heterocycles. The summed E-state index contributed by atoms with van der Waals surface area (Å²) in [7, 11) is 0. The molecule has 1 heterocycles. The summed E-state index contributed by atoms with van der Waals surface area (Å²) in [5, 5.41) is 19.5. The number of carboxylic acid groups (broad SMARTS) is 1. The van der Waals surface area contributed by atoms with Crippen LogP contribution in [0.25, 0.3) is 0 Å². The first-order valence-electron chi connectivity index (χ1n) is 13.0. The number of ketones is 1. The third-order valence-corrected chi connectivity index (χ3v) is 6.42. The van der Waals surface area contributed by atoms with Crippen molar-refractivity contribution in [2.75, 3.05) is 0 Å². The standard InChI is InChI=1S/C31H44O6/c1-20(16-22(3)14-15-27-12-9-13-29(34)37-27)10-8-11-21(2)17-24(5)30(35)26(7)31(36)25(6)18-23(4)19-28(32)33/h8-9,11,13-17,19-20,24-27,31,36H,10,12,18H2,1-7H3,(H,32,33)/b11-8+,15-14+,21-17+,22-16-,23-19+/t20-,24+,25+,26+,27+,31-/m1/s1. The van der Waals surface area contributed by atoms with Gasteiger partial charge in [-0.15, -0.1) is 0 Å². The molecule has 0 amide bonds. The molecular formula is C31H44O6. The number of hydrogen-bond acceptors (Lipinski definition) is 5. The number of carboxylic acids is 1. The molecule has 0 radical (unpaired) electrons. The van der Waals surface area contributed by atoms with Gasteiger partial charge in [-0.25, -0.2) is 9.59 Å². The summed E-state index contributed by atoms with van der Waals surface area (Å²) in [5.41, 5.74) is 2.75. The van der Waals surface area contributed by atoms with E-state index < -0.39 is 18.0 Å². The number of esters is 1. The van der Waals surface area contributed by atoms with Crippen molar-refractivity contribution in [3.05, 3.63) is 71.4 Å². The highest BCUT2D eigenvalue weighted by molar-refractivity contribution is 5.85. The maximum Gasteiger partial charge on any atom is 0.331 e. The van der Waals surface area contributed by atoms with Gasteiger partial charge >= 0.3 is 11.9 Å². The van der Waals surface area contributed by atoms with Gasteiger partial charge < -0.3 is 14.9 Å². The van der Waals surface area contributed by atoms with E-state index in [4.69, 9.17) is 9.84 Å². The number of allylic oxidation sites excluding steroid dienone is 8. The van der Waals surface area contributed by atoms with Crippen LogP contribution in [-0.2, 0) is 19.1 Å². The molecule has 0 aromatic heterocycles. The average Bonchev–Trinajstić information content (AvgIpc) is 2.80. The maximum atomic E-state index is 12.9. The monoisotopic (exact) mass is 512 g/mol. The van der Waals surface area contributed by atoms with E-state index in [2.05, 4.69) is 19.1 Å². The molecule has 1 rings (SSSR count). The highest BCUT2D eigenvalue weighted by Gasteiger charge is 2.29. The average molecular weight is 513 g/mol. The molecule has 0 saturated carbocycles. The molecular weight excluding hydrogens is 468 g/mol. The van der Waals surface area contributed by atoms with Crippen LogP contribution in [0.3, 0.4) is 0 Å². The molecule has 6 nitrogen and oxygen atoms in total. The van der Waals surface area contributed by atoms with E-state index >= 15 is 0 Å². The summed E-state index contributed by atoms with van der Waals surface area (Å²) in [4.78, 5) is 35.0. The zero-order valence-electron chi connectivity index (χ0n) is 23.3. The molecule has 6 heteroatoms. The van der Waals surface area contributed by atoms with Crippen LogP contribution in [0.5, 0.6) is 0 Å². The number of carbonyl (C=O) groups excluding carboxylic acids is 2. The summed E-state index contributed by atoms with van der Waals surface area (Å²) in [6.07, 6.45) is 17.4. The lowest BCUT2D eigenvalue weighted by molar-refractivity contribution is -0.141. The van der Waals surface area contributed by atoms with E-state index in [1.807, 2.05) is 58.1 Å². The lowest BCUT2D eigenvalue weighted by Crippen LogP contribution is -2.34. The smallest absolute Gasteiger partial charge is 0.331 e. The topological polar surface area (TPSA) is 101 Å². The quantitative estimate of drug-likeness (QED) is 0.164. The molecule has 0 bridgehead atoms. The third kappa shape index (κ3) is 12.7. The Morgan fingerprint density at radius 1 is 1.08 bits per heavy atom. The molecule has 0 unspecified atom stereocenters. The minimum atomic E-state index is -1.01. The second-order valence-electron chi connectivity index (χ2n) is 10.4.